The molecule has 0 saturated heterocycles. The summed E-state index contributed by atoms with van der Waals surface area (Å²) in [6.07, 6.45) is 8.37. The fourth-order valence-electron chi connectivity index (χ4n) is 4.51. The number of nitrogens with zero attached hydrogens (tertiary/aromatic N) is 4. The summed E-state index contributed by atoms with van der Waals surface area (Å²) in [6.45, 7) is 2.84. The maximum absolute atomic E-state index is 13.0. The minimum Gasteiger partial charge on any atom is -0.391 e. The van der Waals surface area contributed by atoms with Crippen LogP contribution in [0.25, 0.3) is 16.7 Å². The third-order valence-corrected chi connectivity index (χ3v) is 6.29. The number of aliphatic hydroxyl groups excluding tert-OH is 1. The summed E-state index contributed by atoms with van der Waals surface area (Å²) in [7, 11) is 0. The zero-order valence-corrected chi connectivity index (χ0v) is 18.1. The molecule has 1 aliphatic carbocycles. The fraction of sp³-hybridized carbons (Fsp3) is 0.320. The van der Waals surface area contributed by atoms with Crippen molar-refractivity contribution >= 4 is 16.9 Å². The topological polar surface area (TPSA) is 85.0 Å². The third-order valence-electron chi connectivity index (χ3n) is 6.29. The lowest BCUT2D eigenvalue weighted by atomic mass is 10.0. The molecule has 7 nitrogen and oxygen atoms in total. The molecule has 3 heterocycles. The molecule has 0 aliphatic heterocycles. The molecule has 1 fully saturated rings. The molecule has 1 aliphatic rings. The summed E-state index contributed by atoms with van der Waals surface area (Å²) in [5.41, 5.74) is 4.43. The molecular formula is C25H27N5O2. The Morgan fingerprint density at radius 3 is 2.72 bits per heavy atom. The van der Waals surface area contributed by atoms with Crippen LogP contribution in [0.1, 0.15) is 47.8 Å². The van der Waals surface area contributed by atoms with E-state index in [4.69, 9.17) is 0 Å². The summed E-state index contributed by atoms with van der Waals surface area (Å²) < 4.78 is 3.89. The van der Waals surface area contributed by atoms with Crippen molar-refractivity contribution in [3.8, 4) is 5.69 Å². The zero-order valence-electron chi connectivity index (χ0n) is 18.1. The highest BCUT2D eigenvalue weighted by molar-refractivity contribution is 5.96. The lowest BCUT2D eigenvalue weighted by molar-refractivity contribution is 0.0868. The second kappa shape index (κ2) is 8.59. The van der Waals surface area contributed by atoms with Crippen molar-refractivity contribution in [2.75, 3.05) is 0 Å². The first-order chi connectivity index (χ1) is 15.6. The smallest absolute Gasteiger partial charge is 0.270 e. The average Bonchev–Trinajstić information content (AvgIpc) is 3.56. The van der Waals surface area contributed by atoms with E-state index in [0.717, 1.165) is 53.7 Å². The number of fused-ring (bicyclic) bond motifs is 1. The lowest BCUT2D eigenvalue weighted by Gasteiger charge is -2.17. The molecule has 1 saturated carbocycles. The van der Waals surface area contributed by atoms with Crippen LogP contribution in [-0.4, -0.2) is 42.5 Å². The molecule has 0 unspecified atom stereocenters. The van der Waals surface area contributed by atoms with Crippen LogP contribution in [0.2, 0.25) is 0 Å². The Labute approximate surface area is 186 Å². The predicted molar refractivity (Wildman–Crippen MR) is 123 cm³/mol. The number of hydrogen-bond acceptors (Lipinski definition) is 4. The first kappa shape index (κ1) is 20.5. The van der Waals surface area contributed by atoms with E-state index in [1.165, 1.54) is 0 Å². The van der Waals surface area contributed by atoms with Gasteiger partial charge in [-0.25, -0.2) is 9.67 Å². The highest BCUT2D eigenvalue weighted by Crippen LogP contribution is 2.24. The van der Waals surface area contributed by atoms with Crippen molar-refractivity contribution in [2.45, 2.75) is 51.3 Å². The lowest BCUT2D eigenvalue weighted by Crippen LogP contribution is -2.40. The molecular weight excluding hydrogens is 402 g/mol. The quantitative estimate of drug-likeness (QED) is 0.491. The Balaban J connectivity index is 1.46. The van der Waals surface area contributed by atoms with Gasteiger partial charge in [-0.1, -0.05) is 12.1 Å². The minimum absolute atomic E-state index is 0.198. The first-order valence-corrected chi connectivity index (χ1v) is 11.2. The average molecular weight is 430 g/mol. The van der Waals surface area contributed by atoms with Gasteiger partial charge in [0, 0.05) is 30.5 Å². The largest absolute Gasteiger partial charge is 0.391 e. The Bertz CT molecular complexity index is 1230. The molecule has 0 radical (unpaired) electrons. The van der Waals surface area contributed by atoms with Crippen LogP contribution >= 0.6 is 0 Å². The number of hydrogen-bond donors (Lipinski definition) is 2. The van der Waals surface area contributed by atoms with Crippen LogP contribution in [0.3, 0.4) is 0 Å². The van der Waals surface area contributed by atoms with Crippen LogP contribution < -0.4 is 5.32 Å². The zero-order chi connectivity index (χ0) is 22.1. The van der Waals surface area contributed by atoms with Crippen LogP contribution in [0, 0.1) is 0 Å². The number of nitrogens with one attached hydrogen (secondary N) is 1. The molecule has 3 aromatic heterocycles. The number of aryl methyl sites for hydroxylation is 1. The van der Waals surface area contributed by atoms with Gasteiger partial charge in [0.25, 0.3) is 5.91 Å². The standard InChI is InChI=1S/C25H27N5O2/c1-2-29-14-11-20-18(15-17-7-9-19(10-8-17)30-13-4-12-26-30)16-22(27-24(20)29)25(32)28-21-5-3-6-23(21)31/h4,7-14,16,21,23,31H,2-3,5-6,15H2,1H3,(H,28,32)/t21-,23-/m0/s1. The van der Waals surface area contributed by atoms with E-state index in [-0.39, 0.29) is 11.9 Å². The van der Waals surface area contributed by atoms with Gasteiger partial charge < -0.3 is 15.0 Å². The van der Waals surface area contributed by atoms with Gasteiger partial charge >= 0.3 is 0 Å². The molecule has 164 valence electrons. The SMILES string of the molecule is CCn1ccc2c(Cc3ccc(-n4cccn4)cc3)cc(C(=O)N[C@H]3CCC[C@@H]3O)nc21. The number of pyridine rings is 1. The van der Waals surface area contributed by atoms with E-state index in [9.17, 15) is 9.90 Å². The molecule has 32 heavy (non-hydrogen) atoms. The van der Waals surface area contributed by atoms with Crippen molar-refractivity contribution in [2.24, 2.45) is 0 Å². The van der Waals surface area contributed by atoms with Gasteiger partial charge in [-0.05, 0) is 74.1 Å². The van der Waals surface area contributed by atoms with Gasteiger partial charge in [0.2, 0.25) is 0 Å². The number of aliphatic hydroxyl groups is 1. The van der Waals surface area contributed by atoms with Gasteiger partial charge in [0.05, 0.1) is 17.8 Å². The molecule has 4 aromatic rings. The summed E-state index contributed by atoms with van der Waals surface area (Å²) in [5.74, 6) is -0.225. The monoisotopic (exact) mass is 429 g/mol. The maximum Gasteiger partial charge on any atom is 0.270 e. The number of benzene rings is 1. The second-order valence-corrected chi connectivity index (χ2v) is 8.38. The van der Waals surface area contributed by atoms with Gasteiger partial charge in [0.1, 0.15) is 11.3 Å². The van der Waals surface area contributed by atoms with Gasteiger partial charge in [-0.2, -0.15) is 5.10 Å². The van der Waals surface area contributed by atoms with E-state index in [0.29, 0.717) is 12.1 Å². The highest BCUT2D eigenvalue weighted by atomic mass is 16.3. The van der Waals surface area contributed by atoms with Crippen LogP contribution in [0.5, 0.6) is 0 Å². The Kier molecular flexibility index (Phi) is 5.49. The van der Waals surface area contributed by atoms with Crippen LogP contribution in [-0.2, 0) is 13.0 Å². The second-order valence-electron chi connectivity index (χ2n) is 8.38. The van der Waals surface area contributed by atoms with Crippen molar-refractivity contribution < 1.29 is 9.90 Å². The molecule has 0 spiro atoms. The minimum atomic E-state index is -0.477. The predicted octanol–water partition coefficient (Wildman–Crippen LogP) is 3.48. The molecule has 1 amide bonds. The van der Waals surface area contributed by atoms with Gasteiger partial charge in [-0.15, -0.1) is 0 Å². The first-order valence-electron chi connectivity index (χ1n) is 11.2. The summed E-state index contributed by atoms with van der Waals surface area (Å²) in [5, 5.41) is 18.4. The van der Waals surface area contributed by atoms with E-state index in [1.807, 2.05) is 41.3 Å². The van der Waals surface area contributed by atoms with Gasteiger partial charge in [-0.3, -0.25) is 4.79 Å². The summed E-state index contributed by atoms with van der Waals surface area (Å²) >= 11 is 0. The van der Waals surface area contributed by atoms with Crippen molar-refractivity contribution in [1.29, 1.82) is 0 Å². The van der Waals surface area contributed by atoms with Crippen molar-refractivity contribution in [1.82, 2.24) is 24.6 Å². The number of carbonyl (C=O) groups excluding carboxylic acids is 1. The fourth-order valence-corrected chi connectivity index (χ4v) is 4.51. The van der Waals surface area contributed by atoms with Crippen LogP contribution in [0.15, 0.2) is 61.1 Å². The molecule has 7 heteroatoms. The van der Waals surface area contributed by atoms with E-state index < -0.39 is 6.10 Å². The number of rotatable bonds is 6. The molecule has 1 aromatic carbocycles. The van der Waals surface area contributed by atoms with E-state index >= 15 is 0 Å². The Hall–Kier alpha value is -3.45. The van der Waals surface area contributed by atoms with E-state index in [1.54, 1.807) is 6.20 Å². The van der Waals surface area contributed by atoms with E-state index in [2.05, 4.69) is 45.1 Å². The van der Waals surface area contributed by atoms with Crippen molar-refractivity contribution in [3.63, 3.8) is 0 Å². The molecule has 5 rings (SSSR count). The number of amides is 1. The highest BCUT2D eigenvalue weighted by Gasteiger charge is 2.27. The maximum atomic E-state index is 13.0. The Morgan fingerprint density at radius 2 is 2.03 bits per heavy atom. The molecule has 2 atom stereocenters. The Morgan fingerprint density at radius 1 is 1.19 bits per heavy atom. The number of aromatic nitrogens is 4. The normalized spacial score (nSPS) is 18.3. The van der Waals surface area contributed by atoms with Crippen LogP contribution in [0.4, 0.5) is 0 Å². The summed E-state index contributed by atoms with van der Waals surface area (Å²) in [6, 6.07) is 13.9. The molecule has 0 bridgehead atoms. The third kappa shape index (κ3) is 3.91. The number of carbonyl (C=O) groups is 1. The van der Waals surface area contributed by atoms with Gasteiger partial charge in [0.15, 0.2) is 0 Å². The van der Waals surface area contributed by atoms with Crippen molar-refractivity contribution in [3.05, 3.63) is 77.9 Å². The summed E-state index contributed by atoms with van der Waals surface area (Å²) in [4.78, 5) is 17.7. The molecule has 2 N–H and O–H groups in total.